The Morgan fingerprint density at radius 3 is 2.76 bits per heavy atom. The van der Waals surface area contributed by atoms with Crippen molar-refractivity contribution in [3.63, 3.8) is 0 Å². The van der Waals surface area contributed by atoms with Gasteiger partial charge in [0.25, 0.3) is 0 Å². The van der Waals surface area contributed by atoms with E-state index in [1.807, 2.05) is 31.3 Å². The van der Waals surface area contributed by atoms with Gasteiger partial charge in [-0.05, 0) is 37.3 Å². The fourth-order valence-electron chi connectivity index (χ4n) is 3.57. The van der Waals surface area contributed by atoms with Gasteiger partial charge < -0.3 is 19.9 Å². The lowest BCUT2D eigenvalue weighted by Gasteiger charge is -2.34. The molecule has 0 bridgehead atoms. The topological polar surface area (TPSA) is 44.8 Å². The Labute approximate surface area is 155 Å². The third kappa shape index (κ3) is 5.33. The number of amides is 2. The average Bonchev–Trinajstić information content (AvgIpc) is 3.11. The van der Waals surface area contributed by atoms with Gasteiger partial charge in [-0.1, -0.05) is 29.8 Å². The summed E-state index contributed by atoms with van der Waals surface area (Å²) < 4.78 is 5.72. The number of carbonyl (C=O) groups is 1. The fourth-order valence-corrected chi connectivity index (χ4v) is 3.77. The predicted molar refractivity (Wildman–Crippen MR) is 99.9 cm³/mol. The van der Waals surface area contributed by atoms with Crippen molar-refractivity contribution in [2.24, 2.45) is 0 Å². The highest BCUT2D eigenvalue weighted by Gasteiger charge is 2.25. The van der Waals surface area contributed by atoms with Crippen LogP contribution in [0.2, 0.25) is 5.02 Å². The quantitative estimate of drug-likeness (QED) is 0.871. The first-order valence-corrected chi connectivity index (χ1v) is 9.58. The first-order valence-electron chi connectivity index (χ1n) is 9.21. The molecule has 6 heteroatoms. The summed E-state index contributed by atoms with van der Waals surface area (Å²) in [6, 6.07) is 7.87. The van der Waals surface area contributed by atoms with Crippen LogP contribution in [0.1, 0.15) is 31.2 Å². The van der Waals surface area contributed by atoms with Crippen molar-refractivity contribution in [2.45, 2.75) is 44.4 Å². The molecule has 5 nitrogen and oxygen atoms in total. The van der Waals surface area contributed by atoms with Crippen LogP contribution in [0, 0.1) is 0 Å². The van der Waals surface area contributed by atoms with Gasteiger partial charge in [0.05, 0.1) is 6.10 Å². The number of hydrogen-bond donors (Lipinski definition) is 1. The number of halogens is 1. The van der Waals surface area contributed by atoms with Crippen LogP contribution in [-0.4, -0.2) is 61.3 Å². The van der Waals surface area contributed by atoms with Crippen molar-refractivity contribution in [3.05, 3.63) is 34.9 Å². The Kier molecular flexibility index (Phi) is 6.57. The average molecular weight is 366 g/mol. The molecule has 2 saturated heterocycles. The van der Waals surface area contributed by atoms with Gasteiger partial charge in [0, 0.05) is 50.9 Å². The molecule has 0 unspecified atom stereocenters. The molecule has 2 amide bonds. The molecule has 0 aromatic heterocycles. The maximum Gasteiger partial charge on any atom is 0.317 e. The van der Waals surface area contributed by atoms with Crippen molar-refractivity contribution in [1.82, 2.24) is 15.1 Å². The van der Waals surface area contributed by atoms with Crippen molar-refractivity contribution in [3.8, 4) is 0 Å². The Bertz CT molecular complexity index is 570. The molecule has 2 aliphatic heterocycles. The highest BCUT2D eigenvalue weighted by Crippen LogP contribution is 2.18. The molecular formula is C19H28ClN3O2. The van der Waals surface area contributed by atoms with Crippen LogP contribution in [0.15, 0.2) is 24.3 Å². The molecule has 0 radical (unpaired) electrons. The lowest BCUT2D eigenvalue weighted by molar-refractivity contribution is 0.0629. The van der Waals surface area contributed by atoms with Crippen LogP contribution in [0.25, 0.3) is 0 Å². The molecule has 1 aromatic carbocycles. The number of ether oxygens (including phenoxy) is 1. The van der Waals surface area contributed by atoms with Crippen molar-refractivity contribution < 1.29 is 9.53 Å². The van der Waals surface area contributed by atoms with E-state index in [2.05, 4.69) is 10.2 Å². The summed E-state index contributed by atoms with van der Waals surface area (Å²) in [5.74, 6) is 0. The second kappa shape index (κ2) is 8.88. The van der Waals surface area contributed by atoms with Crippen LogP contribution in [0.5, 0.6) is 0 Å². The van der Waals surface area contributed by atoms with Crippen LogP contribution < -0.4 is 5.32 Å². The Morgan fingerprint density at radius 2 is 2.08 bits per heavy atom. The molecule has 1 N–H and O–H groups in total. The number of likely N-dealkylation sites (tertiary alicyclic amines) is 1. The number of nitrogens with zero attached hydrogens (tertiary/aromatic N) is 2. The van der Waals surface area contributed by atoms with Gasteiger partial charge in [-0.15, -0.1) is 0 Å². The zero-order valence-electron chi connectivity index (χ0n) is 14.9. The van der Waals surface area contributed by atoms with E-state index in [-0.39, 0.29) is 12.1 Å². The van der Waals surface area contributed by atoms with Gasteiger partial charge in [-0.3, -0.25) is 0 Å². The lowest BCUT2D eigenvalue weighted by Crippen LogP contribution is -2.49. The molecule has 3 rings (SSSR count). The predicted octanol–water partition coefficient (Wildman–Crippen LogP) is 3.12. The largest absolute Gasteiger partial charge is 0.377 e. The Balaban J connectivity index is 1.40. The van der Waals surface area contributed by atoms with E-state index in [0.717, 1.165) is 44.6 Å². The number of nitrogens with one attached hydrogen (secondary N) is 1. The van der Waals surface area contributed by atoms with Crippen molar-refractivity contribution >= 4 is 17.6 Å². The summed E-state index contributed by atoms with van der Waals surface area (Å²) in [5.41, 5.74) is 0.966. The summed E-state index contributed by atoms with van der Waals surface area (Å²) >= 11 is 6.18. The number of piperidine rings is 1. The third-order valence-corrected chi connectivity index (χ3v) is 5.48. The highest BCUT2D eigenvalue weighted by molar-refractivity contribution is 6.31. The minimum atomic E-state index is -0.0301. The Hall–Kier alpha value is -1.30. The molecule has 2 aliphatic rings. The van der Waals surface area contributed by atoms with E-state index in [0.29, 0.717) is 17.7 Å². The van der Waals surface area contributed by atoms with Crippen LogP contribution in [0.3, 0.4) is 0 Å². The maximum absolute atomic E-state index is 12.4. The van der Waals surface area contributed by atoms with Crippen LogP contribution >= 0.6 is 11.6 Å². The minimum Gasteiger partial charge on any atom is -0.377 e. The molecule has 0 spiro atoms. The monoisotopic (exact) mass is 365 g/mol. The molecule has 25 heavy (non-hydrogen) atoms. The highest BCUT2D eigenvalue weighted by atomic mass is 35.5. The van der Waals surface area contributed by atoms with E-state index < -0.39 is 0 Å². The normalized spacial score (nSPS) is 22.1. The summed E-state index contributed by atoms with van der Waals surface area (Å²) in [7, 11) is 1.81. The van der Waals surface area contributed by atoms with Gasteiger partial charge in [0.1, 0.15) is 0 Å². The molecular weight excluding hydrogens is 338 g/mol. The van der Waals surface area contributed by atoms with Crippen molar-refractivity contribution in [1.29, 1.82) is 0 Å². The first kappa shape index (κ1) is 18.5. The zero-order valence-corrected chi connectivity index (χ0v) is 15.7. The molecule has 138 valence electrons. The summed E-state index contributed by atoms with van der Waals surface area (Å²) in [4.78, 5) is 16.6. The zero-order chi connectivity index (χ0) is 17.6. The van der Waals surface area contributed by atoms with E-state index in [1.165, 1.54) is 12.8 Å². The Morgan fingerprint density at radius 1 is 1.32 bits per heavy atom. The number of carbonyl (C=O) groups excluding carboxylic acids is 1. The number of urea groups is 1. The van der Waals surface area contributed by atoms with Crippen molar-refractivity contribution in [2.75, 3.05) is 33.3 Å². The SMILES string of the molecule is CN(Cc1ccccc1Cl)C(=O)NC1CCN(C[C@@H]2CCCO2)CC1. The second-order valence-electron chi connectivity index (χ2n) is 7.11. The third-order valence-electron chi connectivity index (χ3n) is 5.11. The van der Waals surface area contributed by atoms with E-state index >= 15 is 0 Å². The minimum absolute atomic E-state index is 0.0301. The molecule has 2 heterocycles. The molecule has 2 fully saturated rings. The molecule has 1 aromatic rings. The smallest absolute Gasteiger partial charge is 0.317 e. The summed E-state index contributed by atoms with van der Waals surface area (Å²) in [5, 5.41) is 3.86. The fraction of sp³-hybridized carbons (Fsp3) is 0.632. The van der Waals surface area contributed by atoms with Gasteiger partial charge >= 0.3 is 6.03 Å². The van der Waals surface area contributed by atoms with Gasteiger partial charge in [0.2, 0.25) is 0 Å². The lowest BCUT2D eigenvalue weighted by atomic mass is 10.0. The van der Waals surface area contributed by atoms with E-state index in [1.54, 1.807) is 4.90 Å². The molecule has 0 aliphatic carbocycles. The van der Waals surface area contributed by atoms with Gasteiger partial charge in [-0.2, -0.15) is 0 Å². The molecule has 0 saturated carbocycles. The number of rotatable bonds is 5. The van der Waals surface area contributed by atoms with Crippen LogP contribution in [-0.2, 0) is 11.3 Å². The van der Waals surface area contributed by atoms with E-state index in [9.17, 15) is 4.79 Å². The van der Waals surface area contributed by atoms with Gasteiger partial charge in [-0.25, -0.2) is 4.79 Å². The summed E-state index contributed by atoms with van der Waals surface area (Å²) in [6.45, 7) is 4.52. The maximum atomic E-state index is 12.4. The molecule has 1 atom stereocenters. The van der Waals surface area contributed by atoms with Crippen LogP contribution in [0.4, 0.5) is 4.79 Å². The number of hydrogen-bond acceptors (Lipinski definition) is 3. The second-order valence-corrected chi connectivity index (χ2v) is 7.51. The summed E-state index contributed by atoms with van der Waals surface area (Å²) in [6.07, 6.45) is 4.78. The standard InChI is InChI=1S/C19H28ClN3O2/c1-22(13-15-5-2-3-7-18(15)20)19(24)21-16-8-10-23(11-9-16)14-17-6-4-12-25-17/h2-3,5,7,16-17H,4,6,8-14H2,1H3,(H,21,24)/t17-/m0/s1. The van der Waals surface area contributed by atoms with Gasteiger partial charge in [0.15, 0.2) is 0 Å². The number of benzene rings is 1. The first-order chi connectivity index (χ1) is 12.1. The van der Waals surface area contributed by atoms with E-state index in [4.69, 9.17) is 16.3 Å².